The second-order valence-electron chi connectivity index (χ2n) is 7.48. The third-order valence-electron chi connectivity index (χ3n) is 5.02. The fourth-order valence-corrected chi connectivity index (χ4v) is 4.16. The molecule has 1 aromatic heterocycles. The van der Waals surface area contributed by atoms with Crippen molar-refractivity contribution in [3.63, 3.8) is 0 Å². The molecule has 0 N–H and O–H groups in total. The smallest absolute Gasteiger partial charge is 0.264 e. The van der Waals surface area contributed by atoms with E-state index in [1.54, 1.807) is 10.6 Å². The van der Waals surface area contributed by atoms with Gasteiger partial charge in [0.2, 0.25) is 0 Å². The first kappa shape index (κ1) is 21.6. The number of rotatable bonds is 6. The highest BCUT2D eigenvalue weighted by Gasteiger charge is 2.26. The Morgan fingerprint density at radius 1 is 1.03 bits per heavy atom. The van der Waals surface area contributed by atoms with Crippen LogP contribution >= 0.6 is 27.5 Å². The van der Waals surface area contributed by atoms with Gasteiger partial charge in [0.15, 0.2) is 5.75 Å². The fraction of sp³-hybridized carbons (Fsp3) is 0.160. The van der Waals surface area contributed by atoms with Crippen LogP contribution in [0.15, 0.2) is 77.3 Å². The number of carbonyl (C=O) groups excluding carboxylic acids is 1. The van der Waals surface area contributed by atoms with Gasteiger partial charge in [-0.25, -0.2) is 0 Å². The van der Waals surface area contributed by atoms with Crippen LogP contribution in [-0.4, -0.2) is 42.6 Å². The van der Waals surface area contributed by atoms with E-state index in [9.17, 15) is 4.79 Å². The monoisotopic (exact) mass is 496 g/mol. The van der Waals surface area contributed by atoms with Crippen LogP contribution in [0, 0.1) is 0 Å². The van der Waals surface area contributed by atoms with E-state index in [0.29, 0.717) is 22.9 Å². The van der Waals surface area contributed by atoms with Crippen LogP contribution in [0.3, 0.4) is 0 Å². The number of ether oxygens (including phenoxy) is 1. The predicted molar refractivity (Wildman–Crippen MR) is 130 cm³/mol. The van der Waals surface area contributed by atoms with Gasteiger partial charge >= 0.3 is 0 Å². The molecule has 0 bridgehead atoms. The first-order valence-corrected chi connectivity index (χ1v) is 11.1. The maximum atomic E-state index is 13.8. The lowest BCUT2D eigenvalue weighted by molar-refractivity contribution is 0.0965. The number of likely N-dealkylation sites (N-methyl/N-ethyl adjacent to an activating group) is 1. The maximum Gasteiger partial charge on any atom is 0.264 e. The van der Waals surface area contributed by atoms with Gasteiger partial charge in [0.25, 0.3) is 5.91 Å². The van der Waals surface area contributed by atoms with E-state index >= 15 is 0 Å². The highest BCUT2D eigenvalue weighted by Crippen LogP contribution is 2.42. The first-order valence-electron chi connectivity index (χ1n) is 9.93. The molecule has 0 fully saturated rings. The predicted octanol–water partition coefficient (Wildman–Crippen LogP) is 6.35. The molecule has 4 rings (SSSR count). The molecule has 31 heavy (non-hydrogen) atoms. The van der Waals surface area contributed by atoms with Crippen LogP contribution in [0.2, 0.25) is 5.02 Å². The Morgan fingerprint density at radius 2 is 1.74 bits per heavy atom. The molecule has 0 amide bonds. The molecule has 0 saturated carbocycles. The van der Waals surface area contributed by atoms with Crippen molar-refractivity contribution in [2.24, 2.45) is 0 Å². The zero-order valence-electron chi connectivity index (χ0n) is 17.3. The van der Waals surface area contributed by atoms with Crippen LogP contribution in [0.4, 0.5) is 0 Å². The van der Waals surface area contributed by atoms with E-state index in [1.807, 2.05) is 80.8 Å². The molecule has 4 aromatic rings. The van der Waals surface area contributed by atoms with Gasteiger partial charge in [0, 0.05) is 27.0 Å². The van der Waals surface area contributed by atoms with Crippen molar-refractivity contribution in [2.75, 3.05) is 27.2 Å². The number of benzene rings is 3. The molecule has 0 unspecified atom stereocenters. The van der Waals surface area contributed by atoms with Crippen LogP contribution in [0.5, 0.6) is 5.75 Å². The normalized spacial score (nSPS) is 11.3. The molecule has 0 aliphatic heterocycles. The fourth-order valence-electron chi connectivity index (χ4n) is 3.53. The Kier molecular flexibility index (Phi) is 6.46. The van der Waals surface area contributed by atoms with E-state index < -0.39 is 0 Å². The lowest BCUT2D eigenvalue weighted by atomic mass is 10.1. The van der Waals surface area contributed by atoms with Gasteiger partial charge in [-0.3, -0.25) is 9.36 Å². The van der Waals surface area contributed by atoms with E-state index in [0.717, 1.165) is 33.2 Å². The quantitative estimate of drug-likeness (QED) is 0.311. The largest absolute Gasteiger partial charge is 0.489 e. The third kappa shape index (κ3) is 4.40. The Morgan fingerprint density at radius 3 is 2.45 bits per heavy atom. The van der Waals surface area contributed by atoms with Crippen molar-refractivity contribution in [2.45, 2.75) is 0 Å². The first-order chi connectivity index (χ1) is 15.0. The SMILES string of the molecule is CN(C)CCOc1c(-c2ccccc2)n(C(=O)c2ccccc2Br)c2ccc(Cl)cc12. The summed E-state index contributed by atoms with van der Waals surface area (Å²) in [6.45, 7) is 1.24. The van der Waals surface area contributed by atoms with Crippen molar-refractivity contribution in [1.82, 2.24) is 9.47 Å². The van der Waals surface area contributed by atoms with Crippen molar-refractivity contribution >= 4 is 44.3 Å². The highest BCUT2D eigenvalue weighted by molar-refractivity contribution is 9.10. The molecular formula is C25H22BrClN2O2. The Bertz CT molecular complexity index is 1240. The van der Waals surface area contributed by atoms with Gasteiger partial charge in [-0.1, -0.05) is 54.1 Å². The summed E-state index contributed by atoms with van der Waals surface area (Å²) < 4.78 is 8.75. The molecule has 3 aromatic carbocycles. The minimum atomic E-state index is -0.138. The second kappa shape index (κ2) is 9.27. The molecule has 0 atom stereocenters. The summed E-state index contributed by atoms with van der Waals surface area (Å²) in [7, 11) is 4.00. The number of carbonyl (C=O) groups is 1. The lowest BCUT2D eigenvalue weighted by Gasteiger charge is -2.14. The zero-order chi connectivity index (χ0) is 22.0. The summed E-state index contributed by atoms with van der Waals surface area (Å²) in [5.41, 5.74) is 2.95. The molecule has 4 nitrogen and oxygen atoms in total. The summed E-state index contributed by atoms with van der Waals surface area (Å²) in [6, 6.07) is 22.8. The van der Waals surface area contributed by atoms with E-state index in [-0.39, 0.29) is 5.91 Å². The van der Waals surface area contributed by atoms with Crippen molar-refractivity contribution < 1.29 is 9.53 Å². The number of fused-ring (bicyclic) bond motifs is 1. The van der Waals surface area contributed by atoms with Crippen molar-refractivity contribution in [3.05, 3.63) is 87.9 Å². The standard InChI is InChI=1S/C25H22BrClN2O2/c1-28(2)14-15-31-24-20-16-18(27)12-13-22(20)29(23(24)17-8-4-3-5-9-17)25(30)19-10-6-7-11-21(19)26/h3-13,16H,14-15H2,1-2H3. The minimum Gasteiger partial charge on any atom is -0.489 e. The molecule has 6 heteroatoms. The van der Waals surface area contributed by atoms with Gasteiger partial charge in [-0.2, -0.15) is 0 Å². The zero-order valence-corrected chi connectivity index (χ0v) is 19.7. The molecular weight excluding hydrogens is 476 g/mol. The number of hydrogen-bond donors (Lipinski definition) is 0. The third-order valence-corrected chi connectivity index (χ3v) is 5.95. The van der Waals surface area contributed by atoms with Crippen LogP contribution in [0.1, 0.15) is 10.4 Å². The van der Waals surface area contributed by atoms with E-state index in [2.05, 4.69) is 20.8 Å². The number of hydrogen-bond acceptors (Lipinski definition) is 3. The average molecular weight is 498 g/mol. The van der Waals surface area contributed by atoms with Crippen molar-refractivity contribution in [1.29, 1.82) is 0 Å². The van der Waals surface area contributed by atoms with Crippen LogP contribution in [0.25, 0.3) is 22.2 Å². The molecule has 0 spiro atoms. The van der Waals surface area contributed by atoms with Gasteiger partial charge in [0.05, 0.1) is 16.8 Å². The average Bonchev–Trinajstić information content (AvgIpc) is 3.07. The topological polar surface area (TPSA) is 34.5 Å². The van der Waals surface area contributed by atoms with Gasteiger partial charge in [-0.15, -0.1) is 0 Å². The molecule has 0 radical (unpaired) electrons. The number of aromatic nitrogens is 1. The highest BCUT2D eigenvalue weighted by atomic mass is 79.9. The van der Waals surface area contributed by atoms with E-state index in [4.69, 9.17) is 16.3 Å². The van der Waals surface area contributed by atoms with Crippen LogP contribution in [-0.2, 0) is 0 Å². The molecule has 0 saturated heterocycles. The summed E-state index contributed by atoms with van der Waals surface area (Å²) in [4.78, 5) is 15.8. The van der Waals surface area contributed by atoms with E-state index in [1.165, 1.54) is 0 Å². The Hall–Kier alpha value is -2.60. The number of nitrogens with zero attached hydrogens (tertiary/aromatic N) is 2. The summed E-state index contributed by atoms with van der Waals surface area (Å²) in [5, 5.41) is 1.40. The van der Waals surface area contributed by atoms with Gasteiger partial charge < -0.3 is 9.64 Å². The summed E-state index contributed by atoms with van der Waals surface area (Å²) >= 11 is 9.86. The van der Waals surface area contributed by atoms with Crippen molar-refractivity contribution in [3.8, 4) is 17.0 Å². The van der Waals surface area contributed by atoms with Gasteiger partial charge in [0.1, 0.15) is 6.61 Å². The van der Waals surface area contributed by atoms with Gasteiger partial charge in [-0.05, 0) is 60.4 Å². The molecule has 0 aliphatic carbocycles. The molecule has 1 heterocycles. The maximum absolute atomic E-state index is 13.8. The minimum absolute atomic E-state index is 0.138. The second-order valence-corrected chi connectivity index (χ2v) is 8.77. The Labute approximate surface area is 195 Å². The van der Waals surface area contributed by atoms with Crippen LogP contribution < -0.4 is 4.74 Å². The molecule has 158 valence electrons. The lowest BCUT2D eigenvalue weighted by Crippen LogP contribution is -2.19. The molecule has 0 aliphatic rings. The summed E-state index contributed by atoms with van der Waals surface area (Å²) in [6.07, 6.45) is 0. The summed E-state index contributed by atoms with van der Waals surface area (Å²) in [5.74, 6) is 0.520. The number of halogens is 2. The Balaban J connectivity index is 2.00.